The highest BCUT2D eigenvalue weighted by Gasteiger charge is 2.23. The predicted octanol–water partition coefficient (Wildman–Crippen LogP) is 2.82. The number of benzene rings is 1. The van der Waals surface area contributed by atoms with E-state index in [2.05, 4.69) is 31.3 Å². The summed E-state index contributed by atoms with van der Waals surface area (Å²) in [5, 5.41) is 13.1. The van der Waals surface area contributed by atoms with E-state index in [1.165, 1.54) is 11.1 Å². The maximum Gasteiger partial charge on any atom is 0.123 e. The van der Waals surface area contributed by atoms with E-state index in [9.17, 15) is 5.11 Å². The molecule has 1 saturated carbocycles. The van der Waals surface area contributed by atoms with Gasteiger partial charge >= 0.3 is 0 Å². The molecule has 1 aliphatic carbocycles. The van der Waals surface area contributed by atoms with Gasteiger partial charge in [-0.2, -0.15) is 0 Å². The molecular weight excluding hydrogens is 238 g/mol. The predicted molar refractivity (Wildman–Crippen MR) is 77.5 cm³/mol. The molecule has 0 saturated heterocycles. The smallest absolute Gasteiger partial charge is 0.123 e. The van der Waals surface area contributed by atoms with E-state index in [1.807, 2.05) is 6.07 Å². The van der Waals surface area contributed by atoms with E-state index >= 15 is 0 Å². The zero-order chi connectivity index (χ0) is 13.8. The SMILES string of the molecule is COc1ccc(C)cc1C(C)NCC1CCC(O)C1. The third kappa shape index (κ3) is 3.71. The van der Waals surface area contributed by atoms with Crippen LogP contribution in [-0.2, 0) is 0 Å². The molecule has 1 aliphatic rings. The molecule has 1 aromatic carbocycles. The molecule has 3 heteroatoms. The molecule has 2 N–H and O–H groups in total. The lowest BCUT2D eigenvalue weighted by atomic mass is 10.0. The van der Waals surface area contributed by atoms with E-state index < -0.39 is 0 Å². The lowest BCUT2D eigenvalue weighted by Gasteiger charge is -2.20. The second kappa shape index (κ2) is 6.40. The van der Waals surface area contributed by atoms with Crippen LogP contribution in [-0.4, -0.2) is 24.9 Å². The number of hydrogen-bond donors (Lipinski definition) is 2. The Kier molecular flexibility index (Phi) is 4.83. The maximum absolute atomic E-state index is 9.55. The molecule has 106 valence electrons. The molecule has 0 aliphatic heterocycles. The van der Waals surface area contributed by atoms with Crippen LogP contribution in [0, 0.1) is 12.8 Å². The Balaban J connectivity index is 1.95. The van der Waals surface area contributed by atoms with Crippen molar-refractivity contribution in [3.8, 4) is 5.75 Å². The molecular formula is C16H25NO2. The minimum absolute atomic E-state index is 0.0874. The Morgan fingerprint density at radius 1 is 1.42 bits per heavy atom. The Bertz CT molecular complexity index is 419. The van der Waals surface area contributed by atoms with Gasteiger partial charge in [0.2, 0.25) is 0 Å². The maximum atomic E-state index is 9.55. The number of methoxy groups -OCH3 is 1. The van der Waals surface area contributed by atoms with E-state index in [0.29, 0.717) is 5.92 Å². The third-order valence-corrected chi connectivity index (χ3v) is 4.08. The number of aliphatic hydroxyl groups excluding tert-OH is 1. The lowest BCUT2D eigenvalue weighted by Crippen LogP contribution is -2.25. The van der Waals surface area contributed by atoms with Gasteiger partial charge in [-0.3, -0.25) is 0 Å². The molecule has 0 aromatic heterocycles. The Hall–Kier alpha value is -1.06. The average Bonchev–Trinajstić information content (AvgIpc) is 2.81. The number of nitrogens with one attached hydrogen (secondary N) is 1. The van der Waals surface area contributed by atoms with Crippen molar-refractivity contribution in [2.75, 3.05) is 13.7 Å². The summed E-state index contributed by atoms with van der Waals surface area (Å²) in [6.07, 6.45) is 2.93. The summed E-state index contributed by atoms with van der Waals surface area (Å²) in [5.74, 6) is 1.55. The molecule has 0 heterocycles. The fourth-order valence-electron chi connectivity index (χ4n) is 2.88. The summed E-state index contributed by atoms with van der Waals surface area (Å²) in [6.45, 7) is 5.24. The summed E-state index contributed by atoms with van der Waals surface area (Å²) >= 11 is 0. The molecule has 0 bridgehead atoms. The van der Waals surface area contributed by atoms with E-state index in [4.69, 9.17) is 4.74 Å². The van der Waals surface area contributed by atoms with Crippen LogP contribution < -0.4 is 10.1 Å². The first-order valence-electron chi connectivity index (χ1n) is 7.16. The molecule has 1 fully saturated rings. The Labute approximate surface area is 116 Å². The van der Waals surface area contributed by atoms with Crippen LogP contribution in [0.2, 0.25) is 0 Å². The summed E-state index contributed by atoms with van der Waals surface area (Å²) in [5.41, 5.74) is 2.46. The third-order valence-electron chi connectivity index (χ3n) is 4.08. The fourth-order valence-corrected chi connectivity index (χ4v) is 2.88. The van der Waals surface area contributed by atoms with Crippen molar-refractivity contribution in [3.63, 3.8) is 0 Å². The number of rotatable bonds is 5. The van der Waals surface area contributed by atoms with E-state index in [0.717, 1.165) is 31.6 Å². The number of ether oxygens (including phenoxy) is 1. The van der Waals surface area contributed by atoms with Gasteiger partial charge in [-0.05, 0) is 51.6 Å². The molecule has 0 radical (unpaired) electrons. The lowest BCUT2D eigenvalue weighted by molar-refractivity contribution is 0.177. The van der Waals surface area contributed by atoms with Crippen molar-refractivity contribution in [1.82, 2.24) is 5.32 Å². The average molecular weight is 263 g/mol. The monoisotopic (exact) mass is 263 g/mol. The van der Waals surface area contributed by atoms with Crippen LogP contribution in [0.5, 0.6) is 5.75 Å². The highest BCUT2D eigenvalue weighted by Crippen LogP contribution is 2.28. The minimum Gasteiger partial charge on any atom is -0.496 e. The van der Waals surface area contributed by atoms with Gasteiger partial charge in [-0.25, -0.2) is 0 Å². The number of aliphatic hydroxyl groups is 1. The first kappa shape index (κ1) is 14.4. The Morgan fingerprint density at radius 3 is 2.84 bits per heavy atom. The molecule has 3 unspecified atom stereocenters. The molecule has 3 nitrogen and oxygen atoms in total. The molecule has 2 rings (SSSR count). The molecule has 19 heavy (non-hydrogen) atoms. The van der Waals surface area contributed by atoms with Crippen molar-refractivity contribution in [1.29, 1.82) is 0 Å². The quantitative estimate of drug-likeness (QED) is 0.858. The largest absolute Gasteiger partial charge is 0.496 e. The van der Waals surface area contributed by atoms with Gasteiger partial charge in [0.05, 0.1) is 13.2 Å². The van der Waals surface area contributed by atoms with Gasteiger partial charge in [0.1, 0.15) is 5.75 Å². The summed E-state index contributed by atoms with van der Waals surface area (Å²) in [6, 6.07) is 6.55. The minimum atomic E-state index is -0.0874. The number of aryl methyl sites for hydroxylation is 1. The van der Waals surface area contributed by atoms with Crippen molar-refractivity contribution < 1.29 is 9.84 Å². The first-order valence-corrected chi connectivity index (χ1v) is 7.16. The fraction of sp³-hybridized carbons (Fsp3) is 0.625. The van der Waals surface area contributed by atoms with E-state index in [1.54, 1.807) is 7.11 Å². The van der Waals surface area contributed by atoms with Crippen molar-refractivity contribution in [2.24, 2.45) is 5.92 Å². The molecule has 3 atom stereocenters. The van der Waals surface area contributed by atoms with Crippen molar-refractivity contribution >= 4 is 0 Å². The normalized spacial score (nSPS) is 24.4. The van der Waals surface area contributed by atoms with Crippen molar-refractivity contribution in [3.05, 3.63) is 29.3 Å². The molecule has 0 amide bonds. The van der Waals surface area contributed by atoms with Gasteiger partial charge in [-0.1, -0.05) is 17.7 Å². The summed E-state index contributed by atoms with van der Waals surface area (Å²) in [7, 11) is 1.72. The topological polar surface area (TPSA) is 41.5 Å². The summed E-state index contributed by atoms with van der Waals surface area (Å²) < 4.78 is 5.43. The first-order chi connectivity index (χ1) is 9.10. The second-order valence-electron chi connectivity index (χ2n) is 5.71. The zero-order valence-electron chi connectivity index (χ0n) is 12.1. The van der Waals surface area contributed by atoms with Crippen LogP contribution in [0.4, 0.5) is 0 Å². The van der Waals surface area contributed by atoms with Gasteiger partial charge < -0.3 is 15.2 Å². The summed E-state index contributed by atoms with van der Waals surface area (Å²) in [4.78, 5) is 0. The van der Waals surface area contributed by atoms with Crippen LogP contribution >= 0.6 is 0 Å². The zero-order valence-corrected chi connectivity index (χ0v) is 12.1. The van der Waals surface area contributed by atoms with Crippen LogP contribution in [0.1, 0.15) is 43.4 Å². The van der Waals surface area contributed by atoms with Gasteiger partial charge in [0.25, 0.3) is 0 Å². The highest BCUT2D eigenvalue weighted by molar-refractivity contribution is 5.38. The molecule has 1 aromatic rings. The van der Waals surface area contributed by atoms with E-state index in [-0.39, 0.29) is 12.1 Å². The van der Waals surface area contributed by atoms with Crippen LogP contribution in [0.25, 0.3) is 0 Å². The van der Waals surface area contributed by atoms with Gasteiger partial charge in [0.15, 0.2) is 0 Å². The highest BCUT2D eigenvalue weighted by atomic mass is 16.5. The molecule has 0 spiro atoms. The van der Waals surface area contributed by atoms with Gasteiger partial charge in [-0.15, -0.1) is 0 Å². The number of hydrogen-bond acceptors (Lipinski definition) is 3. The Morgan fingerprint density at radius 2 is 2.21 bits per heavy atom. The van der Waals surface area contributed by atoms with Crippen LogP contribution in [0.3, 0.4) is 0 Å². The second-order valence-corrected chi connectivity index (χ2v) is 5.71. The standard InChI is InChI=1S/C16H25NO2/c1-11-4-7-16(19-3)15(8-11)12(2)17-10-13-5-6-14(18)9-13/h4,7-8,12-14,17-18H,5-6,9-10H2,1-3H3. The van der Waals surface area contributed by atoms with Crippen molar-refractivity contribution in [2.45, 2.75) is 45.3 Å². The van der Waals surface area contributed by atoms with Crippen LogP contribution in [0.15, 0.2) is 18.2 Å². The van der Waals surface area contributed by atoms with Gasteiger partial charge in [0, 0.05) is 11.6 Å².